The molecule has 0 spiro atoms. The molecule has 0 heterocycles. The summed E-state index contributed by atoms with van der Waals surface area (Å²) in [4.78, 5) is 0. The highest BCUT2D eigenvalue weighted by Gasteiger charge is 2.08. The van der Waals surface area contributed by atoms with E-state index >= 15 is 0 Å². The van der Waals surface area contributed by atoms with Gasteiger partial charge in [-0.05, 0) is 18.9 Å². The van der Waals surface area contributed by atoms with Crippen LogP contribution < -0.4 is 5.32 Å². The summed E-state index contributed by atoms with van der Waals surface area (Å²) in [7, 11) is 1.64. The van der Waals surface area contributed by atoms with E-state index in [1.807, 2.05) is 0 Å². The molecule has 0 aromatic heterocycles. The van der Waals surface area contributed by atoms with Crippen molar-refractivity contribution >= 4 is 0 Å². The minimum Gasteiger partial charge on any atom is -0.389 e. The van der Waals surface area contributed by atoms with Gasteiger partial charge in [0.05, 0.1) is 25.9 Å². The molecule has 0 aromatic carbocycles. The fourth-order valence-electron chi connectivity index (χ4n) is 1.82. The van der Waals surface area contributed by atoms with Gasteiger partial charge >= 0.3 is 0 Å². The minimum absolute atomic E-state index is 0.377. The number of aliphatic hydroxyl groups excluding tert-OH is 1. The van der Waals surface area contributed by atoms with Crippen LogP contribution in [0.4, 0.5) is 0 Å². The topological polar surface area (TPSA) is 50.7 Å². The fourth-order valence-corrected chi connectivity index (χ4v) is 1.82. The summed E-state index contributed by atoms with van der Waals surface area (Å²) in [5.74, 6) is 0.728. The van der Waals surface area contributed by atoms with E-state index in [4.69, 9.17) is 9.47 Å². The lowest BCUT2D eigenvalue weighted by molar-refractivity contribution is 0.0135. The van der Waals surface area contributed by atoms with Gasteiger partial charge in [0.1, 0.15) is 0 Å². The Kier molecular flexibility index (Phi) is 13.2. The molecular weight excluding hydrogens is 230 g/mol. The van der Waals surface area contributed by atoms with Gasteiger partial charge in [-0.25, -0.2) is 0 Å². The molecule has 0 saturated heterocycles. The Bertz CT molecular complexity index is 167. The monoisotopic (exact) mass is 261 g/mol. The number of hydrogen-bond donors (Lipinski definition) is 2. The van der Waals surface area contributed by atoms with Crippen molar-refractivity contribution in [3.05, 3.63) is 0 Å². The van der Waals surface area contributed by atoms with E-state index in [0.29, 0.717) is 26.4 Å². The third-order valence-electron chi connectivity index (χ3n) is 3.10. The summed E-state index contributed by atoms with van der Waals surface area (Å²) in [6.45, 7) is 7.55. The Labute approximate surface area is 112 Å². The summed E-state index contributed by atoms with van der Waals surface area (Å²) in [5, 5.41) is 13.0. The third kappa shape index (κ3) is 11.0. The lowest BCUT2D eigenvalue weighted by atomic mass is 9.99. The van der Waals surface area contributed by atoms with E-state index in [9.17, 15) is 5.11 Å². The largest absolute Gasteiger partial charge is 0.389 e. The lowest BCUT2D eigenvalue weighted by Crippen LogP contribution is -2.33. The second kappa shape index (κ2) is 13.3. The van der Waals surface area contributed by atoms with Gasteiger partial charge in [-0.2, -0.15) is 0 Å². The number of aliphatic hydroxyl groups is 1. The van der Waals surface area contributed by atoms with Crippen molar-refractivity contribution in [1.82, 2.24) is 5.32 Å². The van der Waals surface area contributed by atoms with Crippen molar-refractivity contribution < 1.29 is 14.6 Å². The quantitative estimate of drug-likeness (QED) is 0.497. The molecule has 2 atom stereocenters. The summed E-state index contributed by atoms with van der Waals surface area (Å²) < 4.78 is 10.1. The van der Waals surface area contributed by atoms with Gasteiger partial charge in [-0.15, -0.1) is 0 Å². The molecule has 2 unspecified atom stereocenters. The normalized spacial score (nSPS) is 14.7. The Morgan fingerprint density at radius 1 is 1.17 bits per heavy atom. The van der Waals surface area contributed by atoms with Crippen LogP contribution in [0.3, 0.4) is 0 Å². The van der Waals surface area contributed by atoms with E-state index in [0.717, 1.165) is 12.5 Å². The molecule has 0 aliphatic carbocycles. The van der Waals surface area contributed by atoms with Gasteiger partial charge < -0.3 is 19.9 Å². The third-order valence-corrected chi connectivity index (χ3v) is 3.10. The van der Waals surface area contributed by atoms with Crippen LogP contribution in [0.2, 0.25) is 0 Å². The smallest absolute Gasteiger partial charge is 0.0897 e. The second-order valence-electron chi connectivity index (χ2n) is 4.80. The SMILES string of the molecule is CCCCC(CC)CNCC(O)COCCOC. The zero-order chi connectivity index (χ0) is 13.6. The molecule has 0 amide bonds. The van der Waals surface area contributed by atoms with E-state index < -0.39 is 6.10 Å². The maximum Gasteiger partial charge on any atom is 0.0897 e. The van der Waals surface area contributed by atoms with Crippen LogP contribution in [0.15, 0.2) is 0 Å². The van der Waals surface area contributed by atoms with Gasteiger partial charge in [0, 0.05) is 13.7 Å². The summed E-state index contributed by atoms with van der Waals surface area (Å²) in [6, 6.07) is 0. The number of hydrogen-bond acceptors (Lipinski definition) is 4. The molecule has 110 valence electrons. The van der Waals surface area contributed by atoms with E-state index in [-0.39, 0.29) is 0 Å². The van der Waals surface area contributed by atoms with E-state index in [1.165, 1.54) is 25.7 Å². The average molecular weight is 261 g/mol. The predicted octanol–water partition coefficient (Wildman–Crippen LogP) is 1.82. The first-order valence-corrected chi connectivity index (χ1v) is 7.20. The highest BCUT2D eigenvalue weighted by molar-refractivity contribution is 4.64. The molecule has 18 heavy (non-hydrogen) atoms. The van der Waals surface area contributed by atoms with Crippen LogP contribution in [-0.4, -0.2) is 51.2 Å². The Balaban J connectivity index is 3.43. The van der Waals surface area contributed by atoms with Crippen molar-refractivity contribution in [3.63, 3.8) is 0 Å². The van der Waals surface area contributed by atoms with Gasteiger partial charge in [-0.3, -0.25) is 0 Å². The molecule has 0 aromatic rings. The molecule has 0 radical (unpaired) electrons. The standard InChI is InChI=1S/C14H31NO3/c1-4-6-7-13(5-2)10-15-11-14(16)12-18-9-8-17-3/h13-16H,4-12H2,1-3H3. The van der Waals surface area contributed by atoms with E-state index in [2.05, 4.69) is 19.2 Å². The fraction of sp³-hybridized carbons (Fsp3) is 1.00. The maximum atomic E-state index is 9.68. The molecular formula is C14H31NO3. The molecule has 0 aliphatic rings. The Morgan fingerprint density at radius 2 is 1.94 bits per heavy atom. The van der Waals surface area contributed by atoms with Crippen LogP contribution in [0.5, 0.6) is 0 Å². The van der Waals surface area contributed by atoms with Gasteiger partial charge in [0.25, 0.3) is 0 Å². The molecule has 0 rings (SSSR count). The predicted molar refractivity (Wildman–Crippen MR) is 74.9 cm³/mol. The number of unbranched alkanes of at least 4 members (excludes halogenated alkanes) is 1. The number of methoxy groups -OCH3 is 1. The summed E-state index contributed by atoms with van der Waals surface area (Å²) >= 11 is 0. The van der Waals surface area contributed by atoms with Crippen molar-refractivity contribution in [2.24, 2.45) is 5.92 Å². The lowest BCUT2D eigenvalue weighted by Gasteiger charge is -2.17. The van der Waals surface area contributed by atoms with Crippen LogP contribution >= 0.6 is 0 Å². The summed E-state index contributed by atoms with van der Waals surface area (Å²) in [5.41, 5.74) is 0. The highest BCUT2D eigenvalue weighted by Crippen LogP contribution is 2.10. The molecule has 4 heteroatoms. The van der Waals surface area contributed by atoms with Crippen LogP contribution in [-0.2, 0) is 9.47 Å². The number of nitrogens with one attached hydrogen (secondary N) is 1. The second-order valence-corrected chi connectivity index (χ2v) is 4.80. The van der Waals surface area contributed by atoms with Crippen molar-refractivity contribution in [2.75, 3.05) is 40.0 Å². The van der Waals surface area contributed by atoms with Crippen molar-refractivity contribution in [1.29, 1.82) is 0 Å². The molecule has 2 N–H and O–H groups in total. The molecule has 0 aliphatic heterocycles. The van der Waals surface area contributed by atoms with Crippen LogP contribution in [0.25, 0.3) is 0 Å². The molecule has 0 bridgehead atoms. The number of rotatable bonds is 13. The first-order chi connectivity index (χ1) is 8.74. The zero-order valence-electron chi connectivity index (χ0n) is 12.3. The summed E-state index contributed by atoms with van der Waals surface area (Å²) in [6.07, 6.45) is 4.61. The molecule has 0 saturated carbocycles. The Morgan fingerprint density at radius 3 is 2.56 bits per heavy atom. The van der Waals surface area contributed by atoms with Crippen molar-refractivity contribution in [2.45, 2.75) is 45.6 Å². The minimum atomic E-state index is -0.425. The first-order valence-electron chi connectivity index (χ1n) is 7.20. The Hall–Kier alpha value is -0.160. The average Bonchev–Trinajstić information content (AvgIpc) is 2.38. The van der Waals surface area contributed by atoms with Crippen molar-refractivity contribution in [3.8, 4) is 0 Å². The van der Waals surface area contributed by atoms with Gasteiger partial charge in [0.2, 0.25) is 0 Å². The first kappa shape index (κ1) is 17.8. The zero-order valence-corrected chi connectivity index (χ0v) is 12.3. The van der Waals surface area contributed by atoms with E-state index in [1.54, 1.807) is 7.11 Å². The molecule has 4 nitrogen and oxygen atoms in total. The van der Waals surface area contributed by atoms with Gasteiger partial charge in [-0.1, -0.05) is 33.1 Å². The van der Waals surface area contributed by atoms with Crippen LogP contribution in [0, 0.1) is 5.92 Å². The number of ether oxygens (including phenoxy) is 2. The maximum absolute atomic E-state index is 9.68. The van der Waals surface area contributed by atoms with Gasteiger partial charge in [0.15, 0.2) is 0 Å². The van der Waals surface area contributed by atoms with Crippen LogP contribution in [0.1, 0.15) is 39.5 Å². The highest BCUT2D eigenvalue weighted by atomic mass is 16.5. The molecule has 0 fully saturated rings.